The zero-order valence-electron chi connectivity index (χ0n) is 11.4. The number of aliphatic hydroxyl groups excluding tert-OH is 1. The van der Waals surface area contributed by atoms with Crippen LogP contribution in [0.4, 0.5) is 0 Å². The number of nitrogens with one attached hydrogen (secondary N) is 1. The summed E-state index contributed by atoms with van der Waals surface area (Å²) in [7, 11) is 0. The molecule has 0 aliphatic rings. The highest BCUT2D eigenvalue weighted by Gasteiger charge is 2.16. The summed E-state index contributed by atoms with van der Waals surface area (Å²) in [4.78, 5) is 11.9. The summed E-state index contributed by atoms with van der Waals surface area (Å²) >= 11 is 0. The number of aliphatic hydroxyl groups is 1. The minimum atomic E-state index is -0.464. The monoisotopic (exact) mass is 249 g/mol. The van der Waals surface area contributed by atoms with Crippen LogP contribution in [0.5, 0.6) is 0 Å². The molecular weight excluding hydrogens is 226 g/mol. The van der Waals surface area contributed by atoms with Gasteiger partial charge in [-0.1, -0.05) is 44.4 Å². The minimum absolute atomic E-state index is 0.122. The lowest BCUT2D eigenvalue weighted by Gasteiger charge is -2.20. The molecule has 0 radical (unpaired) electrons. The number of benzene rings is 1. The molecule has 1 amide bonds. The molecular formula is C15H23NO2. The second-order valence-corrected chi connectivity index (χ2v) is 4.72. The third kappa shape index (κ3) is 4.15. The molecule has 3 heteroatoms. The van der Waals surface area contributed by atoms with Gasteiger partial charge in [-0.2, -0.15) is 0 Å². The lowest BCUT2D eigenvalue weighted by atomic mass is 9.96. The van der Waals surface area contributed by atoms with Gasteiger partial charge in [0.15, 0.2) is 0 Å². The van der Waals surface area contributed by atoms with Crippen molar-refractivity contribution in [1.82, 2.24) is 5.32 Å². The van der Waals surface area contributed by atoms with Crippen molar-refractivity contribution < 1.29 is 9.90 Å². The summed E-state index contributed by atoms with van der Waals surface area (Å²) in [5.74, 6) is 0.131. The first-order valence-corrected chi connectivity index (χ1v) is 6.61. The first-order valence-electron chi connectivity index (χ1n) is 6.61. The molecule has 0 aliphatic heterocycles. The Kier molecular flexibility index (Phi) is 5.86. The Morgan fingerprint density at radius 2 is 2.00 bits per heavy atom. The Bertz CT molecular complexity index is 386. The predicted molar refractivity (Wildman–Crippen MR) is 73.6 cm³/mol. The smallest absolute Gasteiger partial charge is 0.251 e. The summed E-state index contributed by atoms with van der Waals surface area (Å²) < 4.78 is 0. The average molecular weight is 249 g/mol. The number of carbonyl (C=O) groups excluding carboxylic acids is 1. The van der Waals surface area contributed by atoms with Crippen LogP contribution < -0.4 is 5.32 Å². The molecule has 1 unspecified atom stereocenters. The van der Waals surface area contributed by atoms with Gasteiger partial charge in [0.2, 0.25) is 0 Å². The standard InChI is InChI=1S/C15H23NO2/c1-4-12(5-2)14(17)10-16-15(18)13-8-6-7-11(3)9-13/h6-9,12,14,17H,4-5,10H2,1-3H3,(H,16,18). The van der Waals surface area contributed by atoms with Crippen LogP contribution in [0.25, 0.3) is 0 Å². The molecule has 1 atom stereocenters. The molecule has 1 aromatic rings. The number of amides is 1. The van der Waals surface area contributed by atoms with Crippen LogP contribution in [0.1, 0.15) is 42.6 Å². The van der Waals surface area contributed by atoms with E-state index in [4.69, 9.17) is 0 Å². The fourth-order valence-electron chi connectivity index (χ4n) is 2.09. The Balaban J connectivity index is 2.51. The summed E-state index contributed by atoms with van der Waals surface area (Å²) in [5, 5.41) is 12.7. The SMILES string of the molecule is CCC(CC)C(O)CNC(=O)c1cccc(C)c1. The molecule has 0 spiro atoms. The largest absolute Gasteiger partial charge is 0.391 e. The molecule has 18 heavy (non-hydrogen) atoms. The number of aryl methyl sites for hydroxylation is 1. The molecule has 1 aromatic carbocycles. The Morgan fingerprint density at radius 3 is 2.56 bits per heavy atom. The van der Waals surface area contributed by atoms with Crippen LogP contribution in [0.15, 0.2) is 24.3 Å². The van der Waals surface area contributed by atoms with Crippen molar-refractivity contribution in [3.05, 3.63) is 35.4 Å². The van der Waals surface area contributed by atoms with E-state index in [1.165, 1.54) is 0 Å². The molecule has 0 saturated heterocycles. The summed E-state index contributed by atoms with van der Waals surface area (Å²) in [6.07, 6.45) is 1.39. The quantitative estimate of drug-likeness (QED) is 0.814. The second-order valence-electron chi connectivity index (χ2n) is 4.72. The van der Waals surface area contributed by atoms with E-state index < -0.39 is 6.10 Å². The van der Waals surface area contributed by atoms with E-state index in [9.17, 15) is 9.90 Å². The Labute approximate surface area is 109 Å². The minimum Gasteiger partial charge on any atom is -0.391 e. The lowest BCUT2D eigenvalue weighted by Crippen LogP contribution is -2.36. The van der Waals surface area contributed by atoms with E-state index in [1.807, 2.05) is 25.1 Å². The number of rotatable bonds is 6. The first-order chi connectivity index (χ1) is 8.58. The zero-order chi connectivity index (χ0) is 13.5. The van der Waals surface area contributed by atoms with E-state index in [2.05, 4.69) is 19.2 Å². The average Bonchev–Trinajstić information content (AvgIpc) is 2.37. The third-order valence-electron chi connectivity index (χ3n) is 3.34. The van der Waals surface area contributed by atoms with Crippen LogP contribution in [0.3, 0.4) is 0 Å². The second kappa shape index (κ2) is 7.17. The van der Waals surface area contributed by atoms with Gasteiger partial charge in [-0.15, -0.1) is 0 Å². The maximum Gasteiger partial charge on any atom is 0.251 e. The lowest BCUT2D eigenvalue weighted by molar-refractivity contribution is 0.0816. The molecule has 100 valence electrons. The molecule has 0 fully saturated rings. The van der Waals surface area contributed by atoms with E-state index in [-0.39, 0.29) is 11.8 Å². The highest BCUT2D eigenvalue weighted by atomic mass is 16.3. The van der Waals surface area contributed by atoms with Crippen molar-refractivity contribution in [2.45, 2.75) is 39.7 Å². The molecule has 0 aromatic heterocycles. The summed E-state index contributed by atoms with van der Waals surface area (Å²) in [5.41, 5.74) is 1.70. The molecule has 0 heterocycles. The number of hydrogen-bond donors (Lipinski definition) is 2. The highest BCUT2D eigenvalue weighted by Crippen LogP contribution is 2.12. The maximum absolute atomic E-state index is 11.9. The van der Waals surface area contributed by atoms with Gasteiger partial charge < -0.3 is 10.4 Å². The van der Waals surface area contributed by atoms with Crippen LogP contribution >= 0.6 is 0 Å². The van der Waals surface area contributed by atoms with Crippen LogP contribution in [0.2, 0.25) is 0 Å². The third-order valence-corrected chi connectivity index (χ3v) is 3.34. The molecule has 0 aliphatic carbocycles. The molecule has 2 N–H and O–H groups in total. The molecule has 1 rings (SSSR count). The van der Waals surface area contributed by atoms with Crippen molar-refractivity contribution in [3.8, 4) is 0 Å². The van der Waals surface area contributed by atoms with E-state index >= 15 is 0 Å². The van der Waals surface area contributed by atoms with E-state index in [1.54, 1.807) is 6.07 Å². The maximum atomic E-state index is 11.9. The van der Waals surface area contributed by atoms with Gasteiger partial charge in [0.05, 0.1) is 6.10 Å². The molecule has 0 saturated carbocycles. The fourth-order valence-corrected chi connectivity index (χ4v) is 2.09. The summed E-state index contributed by atoms with van der Waals surface area (Å²) in [6, 6.07) is 7.45. The van der Waals surface area contributed by atoms with Gasteiger partial charge in [0.1, 0.15) is 0 Å². The van der Waals surface area contributed by atoms with Crippen LogP contribution in [-0.4, -0.2) is 23.7 Å². The van der Waals surface area contributed by atoms with Crippen molar-refractivity contribution in [1.29, 1.82) is 0 Å². The van der Waals surface area contributed by atoms with Gasteiger partial charge in [0.25, 0.3) is 5.91 Å². The van der Waals surface area contributed by atoms with Crippen LogP contribution in [-0.2, 0) is 0 Å². The number of hydrogen-bond acceptors (Lipinski definition) is 2. The van der Waals surface area contributed by atoms with Gasteiger partial charge in [-0.05, 0) is 25.0 Å². The van der Waals surface area contributed by atoms with Crippen molar-refractivity contribution in [2.24, 2.45) is 5.92 Å². The van der Waals surface area contributed by atoms with Gasteiger partial charge in [-0.25, -0.2) is 0 Å². The zero-order valence-corrected chi connectivity index (χ0v) is 11.4. The van der Waals surface area contributed by atoms with Gasteiger partial charge in [-0.3, -0.25) is 4.79 Å². The number of carbonyl (C=O) groups is 1. The van der Waals surface area contributed by atoms with E-state index in [0.29, 0.717) is 12.1 Å². The van der Waals surface area contributed by atoms with Crippen molar-refractivity contribution in [3.63, 3.8) is 0 Å². The van der Waals surface area contributed by atoms with Crippen molar-refractivity contribution >= 4 is 5.91 Å². The van der Waals surface area contributed by atoms with Crippen LogP contribution in [0, 0.1) is 12.8 Å². The molecule has 3 nitrogen and oxygen atoms in total. The predicted octanol–water partition coefficient (Wildman–Crippen LogP) is 2.52. The normalized spacial score (nSPS) is 12.5. The topological polar surface area (TPSA) is 49.3 Å². The Hall–Kier alpha value is -1.35. The van der Waals surface area contributed by atoms with Crippen molar-refractivity contribution in [2.75, 3.05) is 6.54 Å². The molecule has 0 bridgehead atoms. The first kappa shape index (κ1) is 14.7. The fraction of sp³-hybridized carbons (Fsp3) is 0.533. The van der Waals surface area contributed by atoms with Gasteiger partial charge >= 0.3 is 0 Å². The summed E-state index contributed by atoms with van der Waals surface area (Å²) in [6.45, 7) is 6.38. The highest BCUT2D eigenvalue weighted by molar-refractivity contribution is 5.94. The van der Waals surface area contributed by atoms with Gasteiger partial charge in [0, 0.05) is 12.1 Å². The Morgan fingerprint density at radius 1 is 1.33 bits per heavy atom. The van der Waals surface area contributed by atoms with E-state index in [0.717, 1.165) is 18.4 Å².